The first-order valence-electron chi connectivity index (χ1n) is 8.76. The van der Waals surface area contributed by atoms with Crippen molar-refractivity contribution in [2.75, 3.05) is 20.6 Å². The molecule has 1 saturated carbocycles. The van der Waals surface area contributed by atoms with Gasteiger partial charge >= 0.3 is 0 Å². The number of likely N-dealkylation sites (N-methyl/N-ethyl adjacent to an activating group) is 1. The molecule has 3 N–H and O–H groups in total. The summed E-state index contributed by atoms with van der Waals surface area (Å²) in [6.07, 6.45) is 6.40. The summed E-state index contributed by atoms with van der Waals surface area (Å²) in [6.45, 7) is 0.949. The lowest BCUT2D eigenvalue weighted by atomic mass is 9.80. The van der Waals surface area contributed by atoms with E-state index in [0.29, 0.717) is 0 Å². The van der Waals surface area contributed by atoms with E-state index in [-0.39, 0.29) is 11.7 Å². The minimum Gasteiger partial charge on any atom is -0.312 e. The molecular formula is C20H29N3. The Morgan fingerprint density at radius 2 is 1.74 bits per heavy atom. The number of hydrogen-bond donors (Lipinski definition) is 2. The van der Waals surface area contributed by atoms with Gasteiger partial charge in [0, 0.05) is 12.1 Å². The van der Waals surface area contributed by atoms with Crippen molar-refractivity contribution in [1.29, 1.82) is 0 Å². The molecule has 1 fully saturated rings. The Balaban J connectivity index is 1.76. The molecule has 0 spiro atoms. The van der Waals surface area contributed by atoms with Gasteiger partial charge in [-0.2, -0.15) is 0 Å². The van der Waals surface area contributed by atoms with E-state index in [0.717, 1.165) is 6.54 Å². The summed E-state index contributed by atoms with van der Waals surface area (Å²) >= 11 is 0. The molecule has 0 bridgehead atoms. The molecule has 0 radical (unpaired) electrons. The predicted octanol–water partition coefficient (Wildman–Crippen LogP) is 3.65. The van der Waals surface area contributed by atoms with E-state index in [9.17, 15) is 0 Å². The van der Waals surface area contributed by atoms with Gasteiger partial charge in [0.25, 0.3) is 0 Å². The van der Waals surface area contributed by atoms with Crippen molar-refractivity contribution in [3.63, 3.8) is 0 Å². The van der Waals surface area contributed by atoms with Gasteiger partial charge in [0.05, 0.1) is 6.17 Å². The van der Waals surface area contributed by atoms with Crippen LogP contribution in [-0.4, -0.2) is 31.1 Å². The van der Waals surface area contributed by atoms with Crippen LogP contribution in [0.25, 0.3) is 10.8 Å². The van der Waals surface area contributed by atoms with Gasteiger partial charge in [-0.3, -0.25) is 5.32 Å². The molecule has 2 aromatic carbocycles. The summed E-state index contributed by atoms with van der Waals surface area (Å²) in [6, 6.07) is 14.9. The van der Waals surface area contributed by atoms with Crippen molar-refractivity contribution in [3.05, 3.63) is 48.0 Å². The number of nitrogens with one attached hydrogen (secondary N) is 1. The number of rotatable bonds is 5. The van der Waals surface area contributed by atoms with Crippen LogP contribution in [-0.2, 0) is 0 Å². The molecule has 3 nitrogen and oxygen atoms in total. The second-order valence-electron chi connectivity index (χ2n) is 7.11. The zero-order valence-corrected chi connectivity index (χ0v) is 14.4. The molecule has 1 unspecified atom stereocenters. The first-order chi connectivity index (χ1) is 11.1. The van der Waals surface area contributed by atoms with Crippen LogP contribution in [0.1, 0.15) is 43.8 Å². The summed E-state index contributed by atoms with van der Waals surface area (Å²) in [4.78, 5) is 2.40. The van der Waals surface area contributed by atoms with E-state index < -0.39 is 0 Å². The van der Waals surface area contributed by atoms with Crippen LogP contribution in [0.4, 0.5) is 0 Å². The van der Waals surface area contributed by atoms with Gasteiger partial charge in [0.15, 0.2) is 0 Å². The maximum absolute atomic E-state index is 6.51. The van der Waals surface area contributed by atoms with Gasteiger partial charge < -0.3 is 10.6 Å². The zero-order valence-electron chi connectivity index (χ0n) is 14.4. The quantitative estimate of drug-likeness (QED) is 0.828. The Kier molecular flexibility index (Phi) is 5.00. The number of nitrogens with two attached hydrogens (primary N) is 1. The molecule has 1 atom stereocenters. The van der Waals surface area contributed by atoms with Crippen molar-refractivity contribution < 1.29 is 0 Å². The standard InChI is InChI=1S/C20H29N3/c1-23(2)20(13-6-3-7-14-20)15-22-19(21)18-12-8-10-16-9-4-5-11-17(16)18/h4-5,8-12,19,22H,3,6-7,13-15,21H2,1-2H3. The second-order valence-corrected chi connectivity index (χ2v) is 7.11. The normalized spacial score (nSPS) is 19.1. The highest BCUT2D eigenvalue weighted by Crippen LogP contribution is 2.32. The Bertz CT molecular complexity index is 639. The lowest BCUT2D eigenvalue weighted by molar-refractivity contribution is 0.0954. The van der Waals surface area contributed by atoms with Gasteiger partial charge in [-0.1, -0.05) is 61.7 Å². The van der Waals surface area contributed by atoms with Crippen molar-refractivity contribution in [3.8, 4) is 0 Å². The Morgan fingerprint density at radius 3 is 2.48 bits per heavy atom. The minimum atomic E-state index is -0.125. The first kappa shape index (κ1) is 16.4. The third-order valence-corrected chi connectivity index (χ3v) is 5.54. The number of fused-ring (bicyclic) bond motifs is 1. The van der Waals surface area contributed by atoms with Crippen LogP contribution >= 0.6 is 0 Å². The summed E-state index contributed by atoms with van der Waals surface area (Å²) in [7, 11) is 4.41. The molecular weight excluding hydrogens is 282 g/mol. The topological polar surface area (TPSA) is 41.3 Å². The fourth-order valence-electron chi connectivity index (χ4n) is 3.92. The van der Waals surface area contributed by atoms with Crippen LogP contribution in [0, 0.1) is 0 Å². The monoisotopic (exact) mass is 311 g/mol. The molecule has 124 valence electrons. The average molecular weight is 311 g/mol. The molecule has 0 aliphatic heterocycles. The van der Waals surface area contributed by atoms with Crippen molar-refractivity contribution in [2.45, 2.75) is 43.8 Å². The third kappa shape index (κ3) is 3.42. The van der Waals surface area contributed by atoms with Crippen LogP contribution in [0.2, 0.25) is 0 Å². The smallest absolute Gasteiger partial charge is 0.0816 e. The van der Waals surface area contributed by atoms with Gasteiger partial charge in [0.2, 0.25) is 0 Å². The van der Waals surface area contributed by atoms with Gasteiger partial charge in [-0.25, -0.2) is 0 Å². The van der Waals surface area contributed by atoms with E-state index in [4.69, 9.17) is 5.73 Å². The fourth-order valence-corrected chi connectivity index (χ4v) is 3.92. The summed E-state index contributed by atoms with van der Waals surface area (Å²) in [5.41, 5.74) is 7.95. The maximum atomic E-state index is 6.51. The summed E-state index contributed by atoms with van der Waals surface area (Å²) in [5, 5.41) is 6.12. The molecule has 23 heavy (non-hydrogen) atoms. The van der Waals surface area contributed by atoms with Gasteiger partial charge in [-0.05, 0) is 43.3 Å². The van der Waals surface area contributed by atoms with Crippen LogP contribution in [0.15, 0.2) is 42.5 Å². The largest absolute Gasteiger partial charge is 0.312 e. The number of hydrogen-bond acceptors (Lipinski definition) is 3. The second kappa shape index (κ2) is 7.00. The highest BCUT2D eigenvalue weighted by molar-refractivity contribution is 5.86. The molecule has 3 heteroatoms. The number of benzene rings is 2. The lowest BCUT2D eigenvalue weighted by Crippen LogP contribution is -2.54. The minimum absolute atomic E-state index is 0.125. The van der Waals surface area contributed by atoms with Crippen LogP contribution in [0.5, 0.6) is 0 Å². The van der Waals surface area contributed by atoms with Gasteiger partial charge in [0.1, 0.15) is 0 Å². The Labute approximate surface area is 139 Å². The van der Waals surface area contributed by atoms with E-state index in [2.05, 4.69) is 66.8 Å². The molecule has 1 aliphatic carbocycles. The van der Waals surface area contributed by atoms with E-state index >= 15 is 0 Å². The highest BCUT2D eigenvalue weighted by atomic mass is 15.2. The van der Waals surface area contributed by atoms with E-state index in [1.807, 2.05) is 0 Å². The third-order valence-electron chi connectivity index (χ3n) is 5.54. The van der Waals surface area contributed by atoms with Crippen molar-refractivity contribution in [1.82, 2.24) is 10.2 Å². The summed E-state index contributed by atoms with van der Waals surface area (Å²) < 4.78 is 0. The van der Waals surface area contributed by atoms with Crippen LogP contribution < -0.4 is 11.1 Å². The average Bonchev–Trinajstić information content (AvgIpc) is 2.60. The van der Waals surface area contributed by atoms with E-state index in [1.54, 1.807) is 0 Å². The highest BCUT2D eigenvalue weighted by Gasteiger charge is 2.34. The van der Waals surface area contributed by atoms with Gasteiger partial charge in [-0.15, -0.1) is 0 Å². The molecule has 2 aromatic rings. The van der Waals surface area contributed by atoms with Crippen molar-refractivity contribution in [2.24, 2.45) is 5.73 Å². The van der Waals surface area contributed by atoms with Crippen molar-refractivity contribution >= 4 is 10.8 Å². The molecule has 0 heterocycles. The Hall–Kier alpha value is -1.42. The maximum Gasteiger partial charge on any atom is 0.0816 e. The lowest BCUT2D eigenvalue weighted by Gasteiger charge is -2.44. The zero-order chi connectivity index (χ0) is 16.3. The molecule has 0 saturated heterocycles. The number of nitrogens with zero attached hydrogens (tertiary/aromatic N) is 1. The molecule has 3 rings (SSSR count). The predicted molar refractivity (Wildman–Crippen MR) is 98.4 cm³/mol. The van der Waals surface area contributed by atoms with Crippen LogP contribution in [0.3, 0.4) is 0 Å². The summed E-state index contributed by atoms with van der Waals surface area (Å²) in [5.74, 6) is 0. The SMILES string of the molecule is CN(C)C1(CNC(N)c2cccc3ccccc23)CCCCC1. The first-order valence-corrected chi connectivity index (χ1v) is 8.76. The van der Waals surface area contributed by atoms with E-state index in [1.165, 1.54) is 48.4 Å². The Morgan fingerprint density at radius 1 is 1.04 bits per heavy atom. The molecule has 1 aliphatic rings. The fraction of sp³-hybridized carbons (Fsp3) is 0.500. The molecule has 0 amide bonds. The molecule has 0 aromatic heterocycles.